The zero-order chi connectivity index (χ0) is 15.4. The number of carbonyl (C=O) groups excluding carboxylic acids is 1. The third kappa shape index (κ3) is 5.10. The highest BCUT2D eigenvalue weighted by Crippen LogP contribution is 2.22. The highest BCUT2D eigenvalue weighted by Gasteiger charge is 2.22. The molecule has 1 fully saturated rings. The summed E-state index contributed by atoms with van der Waals surface area (Å²) < 4.78 is 7.66. The first-order valence-electron chi connectivity index (χ1n) is 7.06. The molecular formula is C15H20BrIN2O2. The van der Waals surface area contributed by atoms with Crippen LogP contribution in [0.5, 0.6) is 5.75 Å². The lowest BCUT2D eigenvalue weighted by molar-refractivity contribution is -0.135. The molecule has 1 aromatic carbocycles. The average Bonchev–Trinajstić information content (AvgIpc) is 2.44. The molecule has 4 nitrogen and oxygen atoms in total. The van der Waals surface area contributed by atoms with Gasteiger partial charge in [-0.3, -0.25) is 9.69 Å². The quantitative estimate of drug-likeness (QED) is 0.639. The Morgan fingerprint density at radius 3 is 2.52 bits per heavy atom. The van der Waals surface area contributed by atoms with Crippen LogP contribution in [-0.2, 0) is 4.79 Å². The van der Waals surface area contributed by atoms with Gasteiger partial charge in [-0.1, -0.05) is 15.9 Å². The standard InChI is InChI=1S/C15H20BrIN2O2/c1-11(2)18-3-5-19(6-4-18)15(20)10-21-14-8-12(16)7-13(17)9-14/h7-9,11H,3-6,10H2,1-2H3. The number of benzene rings is 1. The van der Waals surface area contributed by atoms with E-state index in [2.05, 4.69) is 57.3 Å². The minimum absolute atomic E-state index is 0.0633. The van der Waals surface area contributed by atoms with Crippen LogP contribution in [0, 0.1) is 3.57 Å². The first-order valence-corrected chi connectivity index (χ1v) is 8.93. The van der Waals surface area contributed by atoms with E-state index in [1.807, 2.05) is 23.1 Å². The zero-order valence-corrected chi connectivity index (χ0v) is 16.1. The summed E-state index contributed by atoms with van der Waals surface area (Å²) in [4.78, 5) is 16.5. The lowest BCUT2D eigenvalue weighted by Crippen LogP contribution is -2.51. The highest BCUT2D eigenvalue weighted by molar-refractivity contribution is 14.1. The summed E-state index contributed by atoms with van der Waals surface area (Å²) in [6.07, 6.45) is 0. The van der Waals surface area contributed by atoms with Gasteiger partial charge in [0.05, 0.1) is 0 Å². The number of piperazine rings is 1. The summed E-state index contributed by atoms with van der Waals surface area (Å²) in [5.74, 6) is 0.788. The van der Waals surface area contributed by atoms with Crippen molar-refractivity contribution in [2.45, 2.75) is 19.9 Å². The fourth-order valence-electron chi connectivity index (χ4n) is 2.34. The molecule has 0 bridgehead atoms. The van der Waals surface area contributed by atoms with Crippen molar-refractivity contribution >= 4 is 44.4 Å². The van der Waals surface area contributed by atoms with Crippen molar-refractivity contribution in [2.75, 3.05) is 32.8 Å². The lowest BCUT2D eigenvalue weighted by Gasteiger charge is -2.36. The molecule has 0 atom stereocenters. The van der Waals surface area contributed by atoms with Crippen molar-refractivity contribution in [1.29, 1.82) is 0 Å². The minimum Gasteiger partial charge on any atom is -0.484 e. The Bertz CT molecular complexity index is 482. The van der Waals surface area contributed by atoms with Gasteiger partial charge in [-0.15, -0.1) is 0 Å². The van der Waals surface area contributed by atoms with Crippen LogP contribution in [0.15, 0.2) is 22.7 Å². The van der Waals surface area contributed by atoms with E-state index in [9.17, 15) is 4.79 Å². The summed E-state index contributed by atoms with van der Waals surface area (Å²) in [6.45, 7) is 7.95. The topological polar surface area (TPSA) is 32.8 Å². The fourth-order valence-corrected chi connectivity index (χ4v) is 3.88. The number of carbonyl (C=O) groups is 1. The summed E-state index contributed by atoms with van der Waals surface area (Å²) in [5, 5.41) is 0. The third-order valence-electron chi connectivity index (χ3n) is 3.60. The smallest absolute Gasteiger partial charge is 0.260 e. The molecule has 1 heterocycles. The maximum atomic E-state index is 12.2. The summed E-state index contributed by atoms with van der Waals surface area (Å²) in [5.41, 5.74) is 0. The SMILES string of the molecule is CC(C)N1CCN(C(=O)COc2cc(Br)cc(I)c2)CC1. The Kier molecular flexibility index (Phi) is 6.31. The molecule has 1 aromatic rings. The van der Waals surface area contributed by atoms with E-state index in [4.69, 9.17) is 4.74 Å². The number of halogens is 2. The molecule has 6 heteroatoms. The van der Waals surface area contributed by atoms with E-state index in [1.54, 1.807) is 0 Å². The van der Waals surface area contributed by atoms with Crippen LogP contribution < -0.4 is 4.74 Å². The van der Waals surface area contributed by atoms with Gasteiger partial charge < -0.3 is 9.64 Å². The molecule has 1 aliphatic rings. The Morgan fingerprint density at radius 1 is 1.29 bits per heavy atom. The van der Waals surface area contributed by atoms with Crippen molar-refractivity contribution in [3.8, 4) is 5.75 Å². The van der Waals surface area contributed by atoms with E-state index < -0.39 is 0 Å². The van der Waals surface area contributed by atoms with Crippen molar-refractivity contribution in [1.82, 2.24) is 9.80 Å². The Morgan fingerprint density at radius 2 is 1.95 bits per heavy atom. The van der Waals surface area contributed by atoms with Gasteiger partial charge in [0.25, 0.3) is 5.91 Å². The van der Waals surface area contributed by atoms with Gasteiger partial charge in [0, 0.05) is 40.3 Å². The van der Waals surface area contributed by atoms with E-state index >= 15 is 0 Å². The maximum Gasteiger partial charge on any atom is 0.260 e. The zero-order valence-electron chi connectivity index (χ0n) is 12.3. The molecule has 0 saturated carbocycles. The molecule has 0 N–H and O–H groups in total. The summed E-state index contributed by atoms with van der Waals surface area (Å²) in [6, 6.07) is 6.35. The first-order chi connectivity index (χ1) is 9.95. The molecule has 0 aromatic heterocycles. The maximum absolute atomic E-state index is 12.2. The average molecular weight is 467 g/mol. The Hall–Kier alpha value is -0.340. The van der Waals surface area contributed by atoms with Gasteiger partial charge in [-0.25, -0.2) is 0 Å². The number of hydrogen-bond acceptors (Lipinski definition) is 3. The van der Waals surface area contributed by atoms with Crippen LogP contribution in [0.2, 0.25) is 0 Å². The largest absolute Gasteiger partial charge is 0.484 e. The van der Waals surface area contributed by atoms with Crippen LogP contribution in [0.3, 0.4) is 0 Å². The third-order valence-corrected chi connectivity index (χ3v) is 4.68. The monoisotopic (exact) mass is 466 g/mol. The molecule has 116 valence electrons. The Labute approximate surface area is 148 Å². The van der Waals surface area contributed by atoms with E-state index in [1.165, 1.54) is 0 Å². The number of ether oxygens (including phenoxy) is 1. The molecule has 1 aliphatic heterocycles. The molecule has 2 rings (SSSR count). The number of rotatable bonds is 4. The van der Waals surface area contributed by atoms with Gasteiger partial charge in [0.2, 0.25) is 0 Å². The molecule has 1 amide bonds. The van der Waals surface area contributed by atoms with Crippen molar-refractivity contribution < 1.29 is 9.53 Å². The van der Waals surface area contributed by atoms with Gasteiger partial charge in [0.1, 0.15) is 5.75 Å². The highest BCUT2D eigenvalue weighted by atomic mass is 127. The molecular weight excluding hydrogens is 447 g/mol. The van der Waals surface area contributed by atoms with Crippen LogP contribution in [-0.4, -0.2) is 54.5 Å². The molecule has 0 aliphatic carbocycles. The number of amides is 1. The number of hydrogen-bond donors (Lipinski definition) is 0. The predicted molar refractivity (Wildman–Crippen MR) is 95.6 cm³/mol. The second-order valence-electron chi connectivity index (χ2n) is 5.40. The number of nitrogens with zero attached hydrogens (tertiary/aromatic N) is 2. The molecule has 0 radical (unpaired) electrons. The second-order valence-corrected chi connectivity index (χ2v) is 7.57. The van der Waals surface area contributed by atoms with E-state index in [-0.39, 0.29) is 12.5 Å². The van der Waals surface area contributed by atoms with E-state index in [0.717, 1.165) is 40.0 Å². The Balaban J connectivity index is 1.82. The summed E-state index contributed by atoms with van der Waals surface area (Å²) >= 11 is 5.66. The second kappa shape index (κ2) is 7.78. The van der Waals surface area contributed by atoms with Crippen LogP contribution >= 0.6 is 38.5 Å². The lowest BCUT2D eigenvalue weighted by atomic mass is 10.2. The molecule has 0 spiro atoms. The van der Waals surface area contributed by atoms with Gasteiger partial charge >= 0.3 is 0 Å². The van der Waals surface area contributed by atoms with Crippen LogP contribution in [0.25, 0.3) is 0 Å². The fraction of sp³-hybridized carbons (Fsp3) is 0.533. The molecule has 1 saturated heterocycles. The van der Waals surface area contributed by atoms with Gasteiger partial charge in [-0.05, 0) is 54.6 Å². The predicted octanol–water partition coefficient (Wildman–Crippen LogP) is 2.99. The molecule has 0 unspecified atom stereocenters. The normalized spacial score (nSPS) is 16.3. The van der Waals surface area contributed by atoms with Crippen LogP contribution in [0.4, 0.5) is 0 Å². The molecule has 21 heavy (non-hydrogen) atoms. The van der Waals surface area contributed by atoms with Crippen molar-refractivity contribution in [3.63, 3.8) is 0 Å². The van der Waals surface area contributed by atoms with Gasteiger partial charge in [-0.2, -0.15) is 0 Å². The first kappa shape index (κ1) is 17.0. The van der Waals surface area contributed by atoms with Crippen molar-refractivity contribution in [3.05, 3.63) is 26.2 Å². The summed E-state index contributed by atoms with van der Waals surface area (Å²) in [7, 11) is 0. The van der Waals surface area contributed by atoms with Crippen LogP contribution in [0.1, 0.15) is 13.8 Å². The van der Waals surface area contributed by atoms with Gasteiger partial charge in [0.15, 0.2) is 6.61 Å². The minimum atomic E-state index is 0.0633. The van der Waals surface area contributed by atoms with E-state index in [0.29, 0.717) is 6.04 Å². The van der Waals surface area contributed by atoms with Crippen molar-refractivity contribution in [2.24, 2.45) is 0 Å².